The van der Waals surface area contributed by atoms with Gasteiger partial charge < -0.3 is 9.97 Å². The molecule has 8 atom stereocenters. The van der Waals surface area contributed by atoms with Crippen molar-refractivity contribution in [1.29, 1.82) is 0 Å². The zero-order chi connectivity index (χ0) is 32.0. The van der Waals surface area contributed by atoms with Gasteiger partial charge >= 0.3 is 0 Å². The maximum Gasteiger partial charge on any atom is 0.238 e. The largest absolute Gasteiger partial charge is 0.338 e. The van der Waals surface area contributed by atoms with Crippen LogP contribution in [0, 0.1) is 47.3 Å². The topological polar surface area (TPSA) is 132 Å². The minimum atomic E-state index is -0.237. The van der Waals surface area contributed by atoms with Gasteiger partial charge in [0.1, 0.15) is 11.6 Å². The van der Waals surface area contributed by atoms with Crippen molar-refractivity contribution in [3.8, 4) is 22.8 Å². The zero-order valence-electron chi connectivity index (χ0n) is 25.5. The molecule has 2 aromatic heterocycles. The number of nitrogens with zero attached hydrogens (tertiary/aromatic N) is 4. The number of hydrogen-bond acceptors (Lipinski definition) is 6. The number of amides is 4. The second kappa shape index (κ2) is 9.03. The molecule has 3 aromatic carbocycles. The van der Waals surface area contributed by atoms with Crippen molar-refractivity contribution in [2.45, 2.75) is 12.8 Å². The predicted octanol–water partition coefficient (Wildman–Crippen LogP) is 5.40. The summed E-state index contributed by atoms with van der Waals surface area (Å²) in [5, 5.41) is 0. The number of allylic oxidation sites excluding steroid dienone is 4. The van der Waals surface area contributed by atoms with Gasteiger partial charge in [-0.3, -0.25) is 19.2 Å². The summed E-state index contributed by atoms with van der Waals surface area (Å²) < 4.78 is 0. The molecule has 2 saturated heterocycles. The molecule has 10 nitrogen and oxygen atoms in total. The van der Waals surface area contributed by atoms with Crippen LogP contribution >= 0.6 is 0 Å². The summed E-state index contributed by atoms with van der Waals surface area (Å²) in [4.78, 5) is 72.3. The molecule has 4 amide bonds. The minimum absolute atomic E-state index is 0.0945. The lowest BCUT2D eigenvalue weighted by Crippen LogP contribution is -2.32. The van der Waals surface area contributed by atoms with E-state index in [1.54, 1.807) is 12.1 Å². The molecule has 6 aliphatic rings. The van der Waals surface area contributed by atoms with Gasteiger partial charge in [0, 0.05) is 11.1 Å². The Balaban J connectivity index is 0.852. The highest BCUT2D eigenvalue weighted by Crippen LogP contribution is 2.54. The molecule has 5 aromatic rings. The molecule has 0 radical (unpaired) electrons. The van der Waals surface area contributed by atoms with Crippen LogP contribution in [0.15, 0.2) is 85.0 Å². The Kier molecular flexibility index (Phi) is 4.97. The van der Waals surface area contributed by atoms with Crippen LogP contribution in [0.2, 0.25) is 0 Å². The van der Waals surface area contributed by atoms with Gasteiger partial charge in [-0.2, -0.15) is 0 Å². The van der Waals surface area contributed by atoms with Crippen molar-refractivity contribution in [2.24, 2.45) is 47.3 Å². The molecular formula is C38H28N6O4. The zero-order valence-corrected chi connectivity index (χ0v) is 25.5. The standard InChI is InChI=1S/C38H28N6O4/c45-35-29-19-5-6-20(13-19)30(29)36(46)43(35)23-9-11-25-27(15-23)41-33(39-25)17-1-2-18(4-3-17)34-40-26-12-10-24(16-28(26)42-34)44-37(47)31-21-7-8-22(14-21)32(31)38(44)48/h1-12,15-16,19-22,29-32H,13-14H2,(H,39,41)(H,40,42)/t19-,20-,21-,22+,29-,30+,31-,32+/m0/s1. The number of carbonyl (C=O) groups excluding carboxylic acids is 4. The Labute approximate surface area is 273 Å². The van der Waals surface area contributed by atoms with Crippen molar-refractivity contribution < 1.29 is 19.2 Å². The van der Waals surface area contributed by atoms with Crippen LogP contribution in [0.3, 0.4) is 0 Å². The number of aromatic amines is 2. The average Bonchev–Trinajstić information content (AvgIpc) is 3.95. The molecule has 4 bridgehead atoms. The second-order valence-electron chi connectivity index (χ2n) is 14.2. The Morgan fingerprint density at radius 1 is 0.500 bits per heavy atom. The number of nitrogens with one attached hydrogen (secondary N) is 2. The van der Waals surface area contributed by atoms with Crippen LogP contribution in [0.25, 0.3) is 44.8 Å². The summed E-state index contributed by atoms with van der Waals surface area (Å²) in [5.41, 5.74) is 5.90. The summed E-state index contributed by atoms with van der Waals surface area (Å²) in [6.07, 6.45) is 10.2. The smallest absolute Gasteiger partial charge is 0.238 e. The third kappa shape index (κ3) is 3.36. The van der Waals surface area contributed by atoms with Crippen molar-refractivity contribution in [3.63, 3.8) is 0 Å². The van der Waals surface area contributed by atoms with E-state index in [9.17, 15) is 19.2 Å². The first-order chi connectivity index (χ1) is 23.4. The van der Waals surface area contributed by atoms with Gasteiger partial charge in [-0.1, -0.05) is 48.6 Å². The third-order valence-corrected chi connectivity index (χ3v) is 11.8. The molecule has 2 aliphatic heterocycles. The normalized spacial score (nSPS) is 31.1. The predicted molar refractivity (Wildman–Crippen MR) is 177 cm³/mol. The maximum absolute atomic E-state index is 13.3. The van der Waals surface area contributed by atoms with E-state index in [-0.39, 0.29) is 71.0 Å². The van der Waals surface area contributed by atoms with E-state index >= 15 is 0 Å². The fraction of sp³-hybridized carbons (Fsp3) is 0.263. The monoisotopic (exact) mass is 632 g/mol. The van der Waals surface area contributed by atoms with Crippen molar-refractivity contribution >= 4 is 57.1 Å². The van der Waals surface area contributed by atoms with Gasteiger partial charge in [-0.25, -0.2) is 19.8 Å². The molecule has 234 valence electrons. The second-order valence-corrected chi connectivity index (χ2v) is 14.2. The number of imidazole rings is 2. The lowest BCUT2D eigenvalue weighted by molar-refractivity contribution is -0.124. The first kappa shape index (κ1) is 26.4. The molecule has 4 heterocycles. The van der Waals surface area contributed by atoms with Gasteiger partial charge in [0.2, 0.25) is 23.6 Å². The first-order valence-corrected chi connectivity index (χ1v) is 16.6. The highest BCUT2D eigenvalue weighted by molar-refractivity contribution is 6.24. The Hall–Kier alpha value is -5.64. The SMILES string of the molecule is O=C1[C@@H]2[C@H](C(=O)N1c1ccc3nc(-c4ccc(-c5nc6ccc(N7C(=O)[C@@H]8[C@H](C7=O)[C@H]7C=C[C@H]8C7)cc6[nH]5)cc4)[nH]c3c1)[C@@H]1C=C[C@H]2C1. The Bertz CT molecular complexity index is 2140. The van der Waals surface area contributed by atoms with Crippen LogP contribution < -0.4 is 9.80 Å². The number of hydrogen-bond donors (Lipinski definition) is 2. The summed E-state index contributed by atoms with van der Waals surface area (Å²) >= 11 is 0. The lowest BCUT2D eigenvalue weighted by atomic mass is 9.85. The number of imide groups is 2. The van der Waals surface area contributed by atoms with E-state index in [0.29, 0.717) is 23.0 Å². The number of fused-ring (bicyclic) bond motifs is 12. The molecule has 0 unspecified atom stereocenters. The van der Waals surface area contributed by atoms with Crippen LogP contribution in [0.1, 0.15) is 12.8 Å². The van der Waals surface area contributed by atoms with Gasteiger partial charge in [0.25, 0.3) is 0 Å². The maximum atomic E-state index is 13.3. The summed E-state index contributed by atoms with van der Waals surface area (Å²) in [6.45, 7) is 0. The lowest BCUT2D eigenvalue weighted by Gasteiger charge is -2.17. The number of rotatable bonds is 4. The highest BCUT2D eigenvalue weighted by Gasteiger charge is 2.60. The van der Waals surface area contributed by atoms with Crippen LogP contribution in [0.4, 0.5) is 11.4 Å². The third-order valence-electron chi connectivity index (χ3n) is 11.8. The quantitative estimate of drug-likeness (QED) is 0.202. The summed E-state index contributed by atoms with van der Waals surface area (Å²) in [6, 6.07) is 18.8. The number of anilines is 2. The van der Waals surface area contributed by atoms with Gasteiger partial charge in [0.05, 0.1) is 57.1 Å². The number of benzene rings is 3. The molecule has 11 rings (SSSR count). The Morgan fingerprint density at radius 2 is 0.854 bits per heavy atom. The van der Waals surface area contributed by atoms with Crippen molar-refractivity contribution in [2.75, 3.05) is 9.80 Å². The minimum Gasteiger partial charge on any atom is -0.338 e. The van der Waals surface area contributed by atoms with E-state index in [2.05, 4.69) is 34.3 Å². The van der Waals surface area contributed by atoms with Gasteiger partial charge in [0.15, 0.2) is 0 Å². The molecule has 10 heteroatoms. The molecule has 4 aliphatic carbocycles. The number of aromatic nitrogens is 4. The molecule has 2 saturated carbocycles. The molecule has 48 heavy (non-hydrogen) atoms. The summed E-state index contributed by atoms with van der Waals surface area (Å²) in [5.74, 6) is 0.702. The van der Waals surface area contributed by atoms with Crippen molar-refractivity contribution in [3.05, 3.63) is 85.0 Å². The van der Waals surface area contributed by atoms with E-state index in [0.717, 1.165) is 46.0 Å². The van der Waals surface area contributed by atoms with Gasteiger partial charge in [-0.05, 0) is 72.9 Å². The van der Waals surface area contributed by atoms with E-state index in [1.807, 2.05) is 48.5 Å². The van der Waals surface area contributed by atoms with E-state index < -0.39 is 0 Å². The van der Waals surface area contributed by atoms with Crippen LogP contribution in [-0.4, -0.2) is 43.6 Å². The van der Waals surface area contributed by atoms with Crippen molar-refractivity contribution in [1.82, 2.24) is 19.9 Å². The Morgan fingerprint density at radius 3 is 1.21 bits per heavy atom. The molecular weight excluding hydrogens is 604 g/mol. The fourth-order valence-corrected chi connectivity index (χ4v) is 9.65. The highest BCUT2D eigenvalue weighted by atomic mass is 16.2. The van der Waals surface area contributed by atoms with Gasteiger partial charge in [-0.15, -0.1) is 0 Å². The first-order valence-electron chi connectivity index (χ1n) is 16.6. The van der Waals surface area contributed by atoms with E-state index in [1.165, 1.54) is 9.80 Å². The molecule has 4 fully saturated rings. The molecule has 0 spiro atoms. The summed E-state index contributed by atoms with van der Waals surface area (Å²) in [7, 11) is 0. The number of carbonyl (C=O) groups is 4. The fourth-order valence-electron chi connectivity index (χ4n) is 9.65. The average molecular weight is 633 g/mol. The van der Waals surface area contributed by atoms with Crippen LogP contribution in [-0.2, 0) is 19.2 Å². The van der Waals surface area contributed by atoms with E-state index in [4.69, 9.17) is 9.97 Å². The number of H-pyrrole nitrogens is 2. The molecule has 2 N–H and O–H groups in total. The van der Waals surface area contributed by atoms with Crippen LogP contribution in [0.5, 0.6) is 0 Å².